The molecule has 0 spiro atoms. The molecule has 1 aromatic heterocycles. The van der Waals surface area contributed by atoms with Gasteiger partial charge in [0.15, 0.2) is 0 Å². The first kappa shape index (κ1) is 11.7. The third kappa shape index (κ3) is 1.34. The molecular weight excluding hydrogens is 278 g/mol. The molecular formula is C22H15N. The Morgan fingerprint density at radius 1 is 0.696 bits per heavy atom. The molecule has 1 heteroatoms. The van der Waals surface area contributed by atoms with Gasteiger partial charge in [-0.2, -0.15) is 0 Å². The fourth-order valence-corrected chi connectivity index (χ4v) is 4.49. The summed E-state index contributed by atoms with van der Waals surface area (Å²) in [6.45, 7) is 0. The predicted octanol–water partition coefficient (Wildman–Crippen LogP) is 5.07. The van der Waals surface area contributed by atoms with E-state index >= 15 is 0 Å². The monoisotopic (exact) mass is 293 g/mol. The van der Waals surface area contributed by atoms with Crippen LogP contribution in [0.3, 0.4) is 0 Å². The molecule has 108 valence electrons. The second kappa shape index (κ2) is 3.94. The Kier molecular flexibility index (Phi) is 2.01. The minimum absolute atomic E-state index is 1.12. The van der Waals surface area contributed by atoms with Gasteiger partial charge in [-0.15, -0.1) is 0 Å². The molecule has 1 aliphatic carbocycles. The molecule has 0 aliphatic heterocycles. The van der Waals surface area contributed by atoms with Crippen molar-refractivity contribution in [2.45, 2.75) is 12.8 Å². The Hall–Kier alpha value is -2.80. The summed E-state index contributed by atoms with van der Waals surface area (Å²) in [5, 5.41) is 11.2. The van der Waals surface area contributed by atoms with Crippen molar-refractivity contribution in [2.75, 3.05) is 0 Å². The van der Waals surface area contributed by atoms with Gasteiger partial charge >= 0.3 is 0 Å². The summed E-state index contributed by atoms with van der Waals surface area (Å²) >= 11 is 0. The van der Waals surface area contributed by atoms with Crippen LogP contribution in [-0.4, -0.2) is 4.98 Å². The average Bonchev–Trinajstić information content (AvgIpc) is 3.00. The zero-order chi connectivity index (χ0) is 15.0. The highest BCUT2D eigenvalue weighted by Crippen LogP contribution is 2.36. The Morgan fingerprint density at radius 2 is 1.57 bits per heavy atom. The fourth-order valence-electron chi connectivity index (χ4n) is 4.49. The zero-order valence-electron chi connectivity index (χ0n) is 12.7. The van der Waals surface area contributed by atoms with Crippen LogP contribution in [0.5, 0.6) is 0 Å². The molecule has 0 unspecified atom stereocenters. The largest absolute Gasteiger partial charge is 0.358 e. The summed E-state index contributed by atoms with van der Waals surface area (Å²) in [7, 11) is 0. The smallest absolute Gasteiger partial charge is 0.0468 e. The Bertz CT molecular complexity index is 1300. The number of benzene rings is 4. The van der Waals surface area contributed by atoms with Crippen molar-refractivity contribution < 1.29 is 0 Å². The van der Waals surface area contributed by atoms with E-state index in [1.807, 2.05) is 0 Å². The van der Waals surface area contributed by atoms with E-state index in [0.717, 1.165) is 12.8 Å². The summed E-state index contributed by atoms with van der Waals surface area (Å²) in [6, 6.07) is 20.0. The quantitative estimate of drug-likeness (QED) is 0.383. The second-order valence-electron chi connectivity index (χ2n) is 6.57. The number of hydrogen-bond acceptors (Lipinski definition) is 0. The number of aromatic amines is 1. The van der Waals surface area contributed by atoms with E-state index in [1.165, 1.54) is 54.1 Å². The SMILES string of the molecule is C1=c2c3c([nH]c4cccc(c5ccc6ccccc6c25)c43)CC1. The maximum absolute atomic E-state index is 3.67. The summed E-state index contributed by atoms with van der Waals surface area (Å²) in [6.07, 6.45) is 4.68. The van der Waals surface area contributed by atoms with Crippen LogP contribution in [0.4, 0.5) is 0 Å². The Labute approximate surface area is 133 Å². The van der Waals surface area contributed by atoms with Gasteiger partial charge in [0.25, 0.3) is 0 Å². The predicted molar refractivity (Wildman–Crippen MR) is 98.8 cm³/mol. The lowest BCUT2D eigenvalue weighted by Gasteiger charge is -2.13. The topological polar surface area (TPSA) is 15.8 Å². The first-order valence-electron chi connectivity index (χ1n) is 8.28. The van der Waals surface area contributed by atoms with E-state index in [1.54, 1.807) is 0 Å². The normalized spacial score (nSPS) is 14.1. The van der Waals surface area contributed by atoms with Crippen LogP contribution in [0, 0.1) is 0 Å². The molecule has 23 heavy (non-hydrogen) atoms. The van der Waals surface area contributed by atoms with Gasteiger partial charge in [-0.1, -0.05) is 54.6 Å². The van der Waals surface area contributed by atoms with Gasteiger partial charge in [-0.05, 0) is 51.1 Å². The first-order chi connectivity index (χ1) is 11.4. The van der Waals surface area contributed by atoms with E-state index in [-0.39, 0.29) is 0 Å². The third-order valence-corrected chi connectivity index (χ3v) is 5.40. The van der Waals surface area contributed by atoms with Crippen molar-refractivity contribution >= 4 is 49.3 Å². The molecule has 1 aliphatic rings. The minimum atomic E-state index is 1.12. The van der Waals surface area contributed by atoms with Gasteiger partial charge in [0.1, 0.15) is 0 Å². The van der Waals surface area contributed by atoms with E-state index in [4.69, 9.17) is 0 Å². The number of hydrogen-bond donors (Lipinski definition) is 1. The van der Waals surface area contributed by atoms with Gasteiger partial charge in [-0.25, -0.2) is 0 Å². The fraction of sp³-hybridized carbons (Fsp3) is 0.0909. The summed E-state index contributed by atoms with van der Waals surface area (Å²) < 4.78 is 0. The van der Waals surface area contributed by atoms with Gasteiger partial charge in [0, 0.05) is 22.0 Å². The van der Waals surface area contributed by atoms with Crippen molar-refractivity contribution in [3.63, 3.8) is 0 Å². The Morgan fingerprint density at radius 3 is 2.57 bits per heavy atom. The molecule has 0 fully saturated rings. The minimum Gasteiger partial charge on any atom is -0.358 e. The van der Waals surface area contributed by atoms with Crippen molar-refractivity contribution in [3.8, 4) is 0 Å². The van der Waals surface area contributed by atoms with E-state index in [2.05, 4.69) is 65.7 Å². The lowest BCUT2D eigenvalue weighted by Crippen LogP contribution is -2.10. The second-order valence-corrected chi connectivity index (χ2v) is 6.57. The van der Waals surface area contributed by atoms with Crippen LogP contribution in [0.2, 0.25) is 0 Å². The van der Waals surface area contributed by atoms with Crippen molar-refractivity contribution in [1.29, 1.82) is 0 Å². The zero-order valence-corrected chi connectivity index (χ0v) is 12.7. The summed E-state index contributed by atoms with van der Waals surface area (Å²) in [4.78, 5) is 3.67. The summed E-state index contributed by atoms with van der Waals surface area (Å²) in [5.41, 5.74) is 2.68. The van der Waals surface area contributed by atoms with Crippen LogP contribution in [0.15, 0.2) is 54.6 Å². The number of nitrogens with one attached hydrogen (secondary N) is 1. The van der Waals surface area contributed by atoms with Crippen molar-refractivity contribution in [3.05, 3.63) is 65.5 Å². The lowest BCUT2D eigenvalue weighted by atomic mass is 9.90. The van der Waals surface area contributed by atoms with Crippen LogP contribution in [0.25, 0.3) is 49.3 Å². The van der Waals surface area contributed by atoms with Crippen molar-refractivity contribution in [2.24, 2.45) is 0 Å². The molecule has 0 saturated carbocycles. The molecule has 0 radical (unpaired) electrons. The van der Waals surface area contributed by atoms with Gasteiger partial charge in [-0.3, -0.25) is 0 Å². The van der Waals surface area contributed by atoms with Crippen LogP contribution < -0.4 is 5.22 Å². The molecule has 6 rings (SSSR count). The lowest BCUT2D eigenvalue weighted by molar-refractivity contribution is 0.993. The molecule has 0 saturated heterocycles. The molecule has 0 bridgehead atoms. The van der Waals surface area contributed by atoms with Crippen LogP contribution in [0.1, 0.15) is 12.1 Å². The van der Waals surface area contributed by atoms with Gasteiger partial charge in [0.05, 0.1) is 0 Å². The number of fused-ring (bicyclic) bond motifs is 5. The number of H-pyrrole nitrogens is 1. The van der Waals surface area contributed by atoms with Crippen LogP contribution in [-0.2, 0) is 6.42 Å². The van der Waals surface area contributed by atoms with Crippen LogP contribution >= 0.6 is 0 Å². The molecule has 1 heterocycles. The molecule has 1 nitrogen and oxygen atoms in total. The maximum Gasteiger partial charge on any atom is 0.0468 e. The van der Waals surface area contributed by atoms with E-state index in [9.17, 15) is 0 Å². The highest BCUT2D eigenvalue weighted by Gasteiger charge is 2.18. The van der Waals surface area contributed by atoms with Crippen molar-refractivity contribution in [1.82, 2.24) is 4.98 Å². The highest BCUT2D eigenvalue weighted by atomic mass is 14.7. The average molecular weight is 293 g/mol. The molecule has 0 atom stereocenters. The third-order valence-electron chi connectivity index (χ3n) is 5.40. The Balaban J connectivity index is 2.09. The van der Waals surface area contributed by atoms with Gasteiger partial charge in [0.2, 0.25) is 0 Å². The molecule has 1 N–H and O–H groups in total. The number of aromatic nitrogens is 1. The standard InChI is InChI=1S/C22H15N/c1-2-6-14-13(5-1)11-12-16-15-7-3-9-18-21(15)22-17(20(14)16)8-4-10-19(22)23-18/h1-3,5-9,11-12,23H,4,10H2. The molecule has 4 aromatic carbocycles. The van der Waals surface area contributed by atoms with Gasteiger partial charge < -0.3 is 4.98 Å². The summed E-state index contributed by atoms with van der Waals surface area (Å²) in [5.74, 6) is 0. The van der Waals surface area contributed by atoms with E-state index < -0.39 is 0 Å². The van der Waals surface area contributed by atoms with E-state index in [0.29, 0.717) is 0 Å². The first-order valence-corrected chi connectivity index (χ1v) is 8.28. The molecule has 5 aromatic rings. The number of aryl methyl sites for hydroxylation is 1. The maximum atomic E-state index is 3.67. The molecule has 0 amide bonds. The highest BCUT2D eigenvalue weighted by molar-refractivity contribution is 6.26. The number of rotatable bonds is 0.